The molecule has 1 heterocycles. The molecule has 27 heavy (non-hydrogen) atoms. The Morgan fingerprint density at radius 2 is 2.07 bits per heavy atom. The molecule has 1 aliphatic rings. The number of piperidine rings is 1. The minimum Gasteiger partial charge on any atom is -0.370 e. The van der Waals surface area contributed by atoms with Crippen LogP contribution in [0, 0.1) is 5.92 Å². The summed E-state index contributed by atoms with van der Waals surface area (Å²) in [5.41, 5.74) is 6.66. The maximum Gasteiger partial charge on any atom is 0.217 e. The first-order valence-corrected chi connectivity index (χ1v) is 9.54. The summed E-state index contributed by atoms with van der Waals surface area (Å²) in [6.45, 7) is 5.41. The molecule has 3 N–H and O–H groups in total. The molecule has 1 saturated heterocycles. The number of halogens is 1. The summed E-state index contributed by atoms with van der Waals surface area (Å²) in [6.07, 6.45) is 2.58. The van der Waals surface area contributed by atoms with Crippen molar-refractivity contribution in [1.29, 1.82) is 0 Å². The van der Waals surface area contributed by atoms with Crippen molar-refractivity contribution in [3.8, 4) is 0 Å². The molecule has 0 aliphatic carbocycles. The van der Waals surface area contributed by atoms with Gasteiger partial charge in [-0.3, -0.25) is 9.79 Å². The minimum absolute atomic E-state index is 0. The van der Waals surface area contributed by atoms with E-state index in [9.17, 15) is 4.79 Å². The average Bonchev–Trinajstić information content (AvgIpc) is 2.61. The Bertz CT molecular complexity index is 593. The zero-order chi connectivity index (χ0) is 18.9. The van der Waals surface area contributed by atoms with Crippen LogP contribution in [-0.4, -0.2) is 61.9 Å². The predicted octanol–water partition coefficient (Wildman–Crippen LogP) is 2.46. The zero-order valence-corrected chi connectivity index (χ0v) is 19.1. The molecule has 6 nitrogen and oxygen atoms in total. The third-order valence-electron chi connectivity index (χ3n) is 4.86. The number of likely N-dealkylation sites (tertiary alicyclic amines) is 1. The Hall–Kier alpha value is -1.35. The van der Waals surface area contributed by atoms with Crippen LogP contribution < -0.4 is 11.1 Å². The number of nitrogens with zero attached hydrogens (tertiary/aromatic N) is 3. The van der Waals surface area contributed by atoms with Crippen molar-refractivity contribution in [2.75, 3.05) is 40.3 Å². The molecule has 152 valence electrons. The molecule has 1 aromatic carbocycles. The number of likely N-dealkylation sites (N-methyl/N-ethyl adjacent to an activating group) is 1. The zero-order valence-electron chi connectivity index (χ0n) is 16.7. The number of hydrogen-bond acceptors (Lipinski definition) is 3. The molecule has 0 radical (unpaired) electrons. The first-order valence-electron chi connectivity index (χ1n) is 9.54. The molecule has 2 rings (SSSR count). The Morgan fingerprint density at radius 1 is 1.37 bits per heavy atom. The number of aliphatic imine (C=N–C) groups is 1. The molecule has 1 amide bonds. The Balaban J connectivity index is 0.00000364. The van der Waals surface area contributed by atoms with E-state index in [0.29, 0.717) is 18.9 Å². The van der Waals surface area contributed by atoms with Gasteiger partial charge >= 0.3 is 0 Å². The highest BCUT2D eigenvalue weighted by molar-refractivity contribution is 14.0. The lowest BCUT2D eigenvalue weighted by Gasteiger charge is -2.35. The highest BCUT2D eigenvalue weighted by Gasteiger charge is 2.24. The van der Waals surface area contributed by atoms with Gasteiger partial charge in [-0.15, -0.1) is 24.0 Å². The number of carbonyl (C=O) groups excluding carboxylic acids is 1. The SMILES string of the molecule is CCNC(=NCC(c1ccccc1)N(C)C)N1CCCC(CC(N)=O)C1.I. The van der Waals surface area contributed by atoms with Gasteiger partial charge in [-0.05, 0) is 45.3 Å². The number of guanidine groups is 1. The summed E-state index contributed by atoms with van der Waals surface area (Å²) < 4.78 is 0. The molecule has 1 aliphatic heterocycles. The van der Waals surface area contributed by atoms with Gasteiger partial charge in [0.1, 0.15) is 0 Å². The van der Waals surface area contributed by atoms with Crippen molar-refractivity contribution >= 4 is 35.8 Å². The van der Waals surface area contributed by atoms with Gasteiger partial charge in [0.2, 0.25) is 5.91 Å². The van der Waals surface area contributed by atoms with Crippen molar-refractivity contribution in [3.05, 3.63) is 35.9 Å². The Kier molecular flexibility index (Phi) is 10.7. The van der Waals surface area contributed by atoms with Crippen molar-refractivity contribution in [2.24, 2.45) is 16.6 Å². The summed E-state index contributed by atoms with van der Waals surface area (Å²) in [6, 6.07) is 10.7. The smallest absolute Gasteiger partial charge is 0.217 e. The van der Waals surface area contributed by atoms with E-state index in [1.54, 1.807) is 0 Å². The fraction of sp³-hybridized carbons (Fsp3) is 0.600. The topological polar surface area (TPSA) is 74.0 Å². The lowest BCUT2D eigenvalue weighted by molar-refractivity contribution is -0.119. The normalized spacial score (nSPS) is 18.7. The second-order valence-corrected chi connectivity index (χ2v) is 7.21. The molecule has 0 aromatic heterocycles. The summed E-state index contributed by atoms with van der Waals surface area (Å²) in [7, 11) is 4.17. The van der Waals surface area contributed by atoms with Crippen molar-refractivity contribution < 1.29 is 4.79 Å². The second kappa shape index (κ2) is 12.2. The maximum absolute atomic E-state index is 11.3. The van der Waals surface area contributed by atoms with E-state index >= 15 is 0 Å². The standard InChI is InChI=1S/C20H33N5O.HI/c1-4-22-20(25-12-8-9-16(15-25)13-19(21)26)23-14-18(24(2)3)17-10-6-5-7-11-17;/h5-7,10-11,16,18H,4,8-9,12-15H2,1-3H3,(H2,21,26)(H,22,23);1H. The molecule has 2 atom stereocenters. The minimum atomic E-state index is -0.212. The molecule has 0 saturated carbocycles. The van der Waals surface area contributed by atoms with E-state index in [4.69, 9.17) is 10.7 Å². The summed E-state index contributed by atoms with van der Waals surface area (Å²) in [4.78, 5) is 20.7. The summed E-state index contributed by atoms with van der Waals surface area (Å²) in [5, 5.41) is 3.41. The number of nitrogens with two attached hydrogens (primary N) is 1. The third kappa shape index (κ3) is 7.65. The van der Waals surface area contributed by atoms with E-state index in [2.05, 4.69) is 60.4 Å². The van der Waals surface area contributed by atoms with Crippen molar-refractivity contribution in [3.63, 3.8) is 0 Å². The van der Waals surface area contributed by atoms with Crippen LogP contribution in [0.2, 0.25) is 0 Å². The van der Waals surface area contributed by atoms with Gasteiger partial charge in [-0.25, -0.2) is 0 Å². The lowest BCUT2D eigenvalue weighted by atomic mass is 9.95. The van der Waals surface area contributed by atoms with Gasteiger partial charge in [0.25, 0.3) is 0 Å². The molecule has 7 heteroatoms. The number of primary amides is 1. The molecule has 0 bridgehead atoms. The van der Waals surface area contributed by atoms with Crippen LogP contribution in [-0.2, 0) is 4.79 Å². The number of nitrogens with one attached hydrogen (secondary N) is 1. The second-order valence-electron chi connectivity index (χ2n) is 7.21. The van der Waals surface area contributed by atoms with Gasteiger partial charge < -0.3 is 20.9 Å². The van der Waals surface area contributed by atoms with E-state index < -0.39 is 0 Å². The Labute approximate surface area is 180 Å². The van der Waals surface area contributed by atoms with E-state index in [0.717, 1.165) is 38.4 Å². The maximum atomic E-state index is 11.3. The molecule has 1 aromatic rings. The number of hydrogen-bond donors (Lipinski definition) is 2. The van der Waals surface area contributed by atoms with Crippen LogP contribution in [0.15, 0.2) is 35.3 Å². The monoisotopic (exact) mass is 487 g/mol. The van der Waals surface area contributed by atoms with E-state index in [1.165, 1.54) is 5.56 Å². The van der Waals surface area contributed by atoms with Crippen molar-refractivity contribution in [1.82, 2.24) is 15.1 Å². The molecule has 1 fully saturated rings. The number of carbonyl (C=O) groups is 1. The van der Waals surface area contributed by atoms with Gasteiger partial charge in [0, 0.05) is 26.1 Å². The van der Waals surface area contributed by atoms with Gasteiger partial charge in [-0.1, -0.05) is 30.3 Å². The van der Waals surface area contributed by atoms with E-state index in [-0.39, 0.29) is 35.9 Å². The van der Waals surface area contributed by atoms with Gasteiger partial charge in [0.15, 0.2) is 5.96 Å². The van der Waals surface area contributed by atoms with E-state index in [1.807, 2.05) is 6.07 Å². The van der Waals surface area contributed by atoms with Crippen LogP contribution in [0.25, 0.3) is 0 Å². The fourth-order valence-electron chi connectivity index (χ4n) is 3.55. The summed E-state index contributed by atoms with van der Waals surface area (Å²) in [5.74, 6) is 1.05. The van der Waals surface area contributed by atoms with Crippen molar-refractivity contribution in [2.45, 2.75) is 32.2 Å². The van der Waals surface area contributed by atoms with Crippen LogP contribution in [0.3, 0.4) is 0 Å². The molecule has 0 spiro atoms. The van der Waals surface area contributed by atoms with Crippen LogP contribution in [0.5, 0.6) is 0 Å². The lowest BCUT2D eigenvalue weighted by Crippen LogP contribution is -2.47. The average molecular weight is 487 g/mol. The molecule has 2 unspecified atom stereocenters. The first kappa shape index (κ1) is 23.7. The highest BCUT2D eigenvalue weighted by Crippen LogP contribution is 2.21. The third-order valence-corrected chi connectivity index (χ3v) is 4.86. The number of rotatable bonds is 7. The van der Waals surface area contributed by atoms with Crippen LogP contribution in [0.4, 0.5) is 0 Å². The van der Waals surface area contributed by atoms with Crippen LogP contribution >= 0.6 is 24.0 Å². The number of benzene rings is 1. The molecular formula is C20H34IN5O. The van der Waals surface area contributed by atoms with Gasteiger partial charge in [0.05, 0.1) is 12.6 Å². The van der Waals surface area contributed by atoms with Gasteiger partial charge in [-0.2, -0.15) is 0 Å². The fourth-order valence-corrected chi connectivity index (χ4v) is 3.55. The van der Waals surface area contributed by atoms with Crippen LogP contribution in [0.1, 0.15) is 37.8 Å². The quantitative estimate of drug-likeness (QED) is 0.352. The predicted molar refractivity (Wildman–Crippen MR) is 122 cm³/mol. The Morgan fingerprint density at radius 3 is 2.67 bits per heavy atom. The summed E-state index contributed by atoms with van der Waals surface area (Å²) >= 11 is 0. The first-order chi connectivity index (χ1) is 12.5. The largest absolute Gasteiger partial charge is 0.370 e. The number of amides is 1. The molecular weight excluding hydrogens is 453 g/mol. The highest BCUT2D eigenvalue weighted by atomic mass is 127.